The quantitative estimate of drug-likeness (QED) is 0.503. The number of halogens is 1. The van der Waals surface area contributed by atoms with Gasteiger partial charge in [-0.1, -0.05) is 24.2 Å². The topological polar surface area (TPSA) is 79.8 Å². The van der Waals surface area contributed by atoms with Crippen LogP contribution in [-0.4, -0.2) is 56.0 Å². The molecule has 2 aromatic carbocycles. The number of rotatable bonds is 5. The normalized spacial score (nSPS) is 18.2. The molecular formula is C23H24FN3O4S2. The van der Waals surface area contributed by atoms with Crippen LogP contribution in [0.2, 0.25) is 0 Å². The summed E-state index contributed by atoms with van der Waals surface area (Å²) in [5, 5.41) is 0.769. The van der Waals surface area contributed by atoms with Crippen molar-refractivity contribution in [2.24, 2.45) is 0 Å². The standard InChI is InChI=1S/C23H24FN3O4S2/c24-17-7-10-20-21(13-17)32-23(25-20)26-14-18(15-26)31-22(28)16-5-8-19(9-6-16)33(29,30)27-11-3-1-2-4-12-27/h5-10,13,18H,1-4,11-12,14-15H2. The second-order valence-electron chi connectivity index (χ2n) is 8.38. The average Bonchev–Trinajstić information content (AvgIpc) is 2.98. The van der Waals surface area contributed by atoms with Crippen molar-refractivity contribution < 1.29 is 22.3 Å². The molecule has 1 aromatic heterocycles. The van der Waals surface area contributed by atoms with Crippen LogP contribution >= 0.6 is 11.3 Å². The van der Waals surface area contributed by atoms with Crippen molar-refractivity contribution in [1.29, 1.82) is 0 Å². The van der Waals surface area contributed by atoms with E-state index in [0.717, 1.165) is 41.0 Å². The zero-order valence-corrected chi connectivity index (χ0v) is 19.6. The maximum atomic E-state index is 13.4. The molecule has 10 heteroatoms. The Hall–Kier alpha value is -2.56. The number of fused-ring (bicyclic) bond motifs is 1. The number of sulfonamides is 1. The van der Waals surface area contributed by atoms with Crippen molar-refractivity contribution in [3.05, 3.63) is 53.8 Å². The van der Waals surface area contributed by atoms with E-state index < -0.39 is 16.0 Å². The summed E-state index contributed by atoms with van der Waals surface area (Å²) in [6, 6.07) is 10.5. The van der Waals surface area contributed by atoms with Gasteiger partial charge in [0.15, 0.2) is 5.13 Å². The summed E-state index contributed by atoms with van der Waals surface area (Å²) in [5.41, 5.74) is 1.06. The van der Waals surface area contributed by atoms with Crippen molar-refractivity contribution in [2.75, 3.05) is 31.1 Å². The van der Waals surface area contributed by atoms with Crippen LogP contribution in [-0.2, 0) is 14.8 Å². The Kier molecular flexibility index (Phi) is 6.07. The summed E-state index contributed by atoms with van der Waals surface area (Å²) in [7, 11) is -3.55. The highest BCUT2D eigenvalue weighted by atomic mass is 32.2. The van der Waals surface area contributed by atoms with Crippen molar-refractivity contribution in [2.45, 2.75) is 36.7 Å². The number of carbonyl (C=O) groups is 1. The SMILES string of the molecule is O=C(OC1CN(c2nc3ccc(F)cc3s2)C1)c1ccc(S(=O)(=O)N2CCCCCC2)cc1. The molecule has 2 fully saturated rings. The zero-order chi connectivity index (χ0) is 23.0. The smallest absolute Gasteiger partial charge is 0.338 e. The summed E-state index contributed by atoms with van der Waals surface area (Å²) in [6.45, 7) is 2.09. The van der Waals surface area contributed by atoms with E-state index in [-0.39, 0.29) is 16.8 Å². The summed E-state index contributed by atoms with van der Waals surface area (Å²) in [5.74, 6) is -0.775. The molecule has 0 radical (unpaired) electrons. The fourth-order valence-electron chi connectivity index (χ4n) is 4.10. The largest absolute Gasteiger partial charge is 0.455 e. The Morgan fingerprint density at radius 3 is 2.42 bits per heavy atom. The van der Waals surface area contributed by atoms with Gasteiger partial charge in [0.25, 0.3) is 0 Å². The number of anilines is 1. The molecule has 0 amide bonds. The van der Waals surface area contributed by atoms with Crippen LogP contribution < -0.4 is 4.90 Å². The third-order valence-electron chi connectivity index (χ3n) is 6.02. The first-order chi connectivity index (χ1) is 15.9. The third-order valence-corrected chi connectivity index (χ3v) is 9.02. The number of carbonyl (C=O) groups excluding carboxylic acids is 1. The Labute approximate surface area is 195 Å². The van der Waals surface area contributed by atoms with E-state index in [9.17, 15) is 17.6 Å². The second-order valence-corrected chi connectivity index (χ2v) is 11.3. The molecule has 0 unspecified atom stereocenters. The van der Waals surface area contributed by atoms with Crippen molar-refractivity contribution >= 4 is 42.7 Å². The van der Waals surface area contributed by atoms with Gasteiger partial charge in [0.2, 0.25) is 10.0 Å². The van der Waals surface area contributed by atoms with Crippen LogP contribution in [0, 0.1) is 5.82 Å². The molecule has 0 aliphatic carbocycles. The molecule has 3 aromatic rings. The summed E-state index contributed by atoms with van der Waals surface area (Å²) < 4.78 is 47.0. The molecular weight excluding hydrogens is 465 g/mol. The molecule has 3 heterocycles. The van der Waals surface area contributed by atoms with E-state index in [1.807, 2.05) is 4.90 Å². The number of hydrogen-bond acceptors (Lipinski definition) is 7. The number of nitrogens with zero attached hydrogens (tertiary/aromatic N) is 3. The molecule has 7 nitrogen and oxygen atoms in total. The van der Waals surface area contributed by atoms with Gasteiger partial charge in [-0.3, -0.25) is 0 Å². The van der Waals surface area contributed by atoms with Crippen molar-refractivity contribution in [1.82, 2.24) is 9.29 Å². The maximum absolute atomic E-state index is 13.4. The van der Waals surface area contributed by atoms with E-state index in [1.165, 1.54) is 52.0 Å². The van der Waals surface area contributed by atoms with Crippen LogP contribution in [0.5, 0.6) is 0 Å². The zero-order valence-electron chi connectivity index (χ0n) is 17.9. The van der Waals surface area contributed by atoms with Crippen molar-refractivity contribution in [3.63, 3.8) is 0 Å². The predicted molar refractivity (Wildman–Crippen MR) is 125 cm³/mol. The molecule has 0 N–H and O–H groups in total. The third kappa shape index (κ3) is 4.60. The molecule has 33 heavy (non-hydrogen) atoms. The maximum Gasteiger partial charge on any atom is 0.338 e. The lowest BCUT2D eigenvalue weighted by atomic mass is 10.2. The minimum atomic E-state index is -3.55. The van der Waals surface area contributed by atoms with Crippen molar-refractivity contribution in [3.8, 4) is 0 Å². The van der Waals surface area contributed by atoms with Crippen LogP contribution in [0.1, 0.15) is 36.0 Å². The molecule has 0 spiro atoms. The molecule has 2 aliphatic heterocycles. The van der Waals surface area contributed by atoms with E-state index in [4.69, 9.17) is 4.74 Å². The first-order valence-corrected chi connectivity index (χ1v) is 13.3. The number of aromatic nitrogens is 1. The highest BCUT2D eigenvalue weighted by Gasteiger charge is 2.32. The summed E-state index contributed by atoms with van der Waals surface area (Å²) in [4.78, 5) is 19.2. The Morgan fingerprint density at radius 2 is 1.73 bits per heavy atom. The fraction of sp³-hybridized carbons (Fsp3) is 0.391. The minimum absolute atomic E-state index is 0.197. The van der Waals surface area contributed by atoms with Gasteiger partial charge >= 0.3 is 5.97 Å². The van der Waals surface area contributed by atoms with E-state index in [0.29, 0.717) is 31.7 Å². The lowest BCUT2D eigenvalue weighted by Gasteiger charge is -2.38. The summed E-state index contributed by atoms with van der Waals surface area (Å²) >= 11 is 1.40. The van der Waals surface area contributed by atoms with E-state index in [1.54, 1.807) is 6.07 Å². The number of hydrogen-bond donors (Lipinski definition) is 0. The summed E-state index contributed by atoms with van der Waals surface area (Å²) in [6.07, 6.45) is 3.56. The second kappa shape index (κ2) is 9.00. The van der Waals surface area contributed by atoms with Gasteiger partial charge in [-0.2, -0.15) is 4.31 Å². The molecule has 0 bridgehead atoms. The number of ether oxygens (including phenoxy) is 1. The Balaban J connectivity index is 1.18. The van der Waals surface area contributed by atoms with Crippen LogP contribution in [0.15, 0.2) is 47.4 Å². The fourth-order valence-corrected chi connectivity index (χ4v) is 6.63. The molecule has 5 rings (SSSR count). The highest BCUT2D eigenvalue weighted by molar-refractivity contribution is 7.89. The van der Waals surface area contributed by atoms with Gasteiger partial charge in [-0.05, 0) is 55.3 Å². The minimum Gasteiger partial charge on any atom is -0.455 e. The van der Waals surface area contributed by atoms with Gasteiger partial charge < -0.3 is 9.64 Å². The van der Waals surface area contributed by atoms with Gasteiger partial charge in [0, 0.05) is 13.1 Å². The van der Waals surface area contributed by atoms with Crippen LogP contribution in [0.25, 0.3) is 10.2 Å². The average molecular weight is 490 g/mol. The number of esters is 1. The highest BCUT2D eigenvalue weighted by Crippen LogP contribution is 2.32. The number of thiazole rings is 1. The molecule has 2 saturated heterocycles. The van der Waals surface area contributed by atoms with Gasteiger partial charge in [0.1, 0.15) is 11.9 Å². The molecule has 2 aliphatic rings. The molecule has 0 atom stereocenters. The Bertz CT molecular complexity index is 1260. The molecule has 0 saturated carbocycles. The first kappa shape index (κ1) is 22.2. The lowest BCUT2D eigenvalue weighted by molar-refractivity contribution is 0.0234. The molecule has 174 valence electrons. The van der Waals surface area contributed by atoms with Gasteiger partial charge in [-0.15, -0.1) is 0 Å². The Morgan fingerprint density at radius 1 is 1.03 bits per heavy atom. The van der Waals surface area contributed by atoms with Crippen LogP contribution in [0.3, 0.4) is 0 Å². The van der Waals surface area contributed by atoms with Gasteiger partial charge in [-0.25, -0.2) is 22.6 Å². The van der Waals surface area contributed by atoms with Crippen LogP contribution in [0.4, 0.5) is 9.52 Å². The van der Waals surface area contributed by atoms with E-state index >= 15 is 0 Å². The van der Waals surface area contributed by atoms with Gasteiger partial charge in [0.05, 0.1) is 33.8 Å². The monoisotopic (exact) mass is 489 g/mol. The predicted octanol–water partition coefficient (Wildman–Crippen LogP) is 4.05. The van der Waals surface area contributed by atoms with E-state index in [2.05, 4.69) is 4.98 Å². The lowest BCUT2D eigenvalue weighted by Crippen LogP contribution is -2.53. The number of benzene rings is 2. The first-order valence-electron chi connectivity index (χ1n) is 11.0.